The molecule has 2 aromatic carbocycles. The molecule has 1 heterocycles. The zero-order valence-corrected chi connectivity index (χ0v) is 16.0. The number of nitrogens with zero attached hydrogens (tertiary/aromatic N) is 2. The van der Waals surface area contributed by atoms with Crippen LogP contribution in [0.15, 0.2) is 64.2 Å². The molecule has 3 aromatic rings. The molecular weight excluding hydrogens is 437 g/mol. The van der Waals surface area contributed by atoms with E-state index >= 15 is 0 Å². The maximum atomic E-state index is 13.9. The van der Waals surface area contributed by atoms with Crippen LogP contribution in [0.1, 0.15) is 16.1 Å². The second kappa shape index (κ2) is 8.98. The standard InChI is InChI=1S/C20H14F5N5O2/c21-11-4-1-3-10(7-11)16-15(19(31)29-27)17(32-30-16)14(9-26)18(20(23,24)25)28-13-6-2-5-12(22)8-13/h1-9H,26-27H2,(H,29,31). The molecule has 0 aliphatic heterocycles. The van der Waals surface area contributed by atoms with E-state index in [1.54, 1.807) is 5.43 Å². The molecule has 1 aromatic heterocycles. The van der Waals surface area contributed by atoms with Crippen LogP contribution in [0, 0.1) is 11.6 Å². The highest BCUT2D eigenvalue weighted by Crippen LogP contribution is 2.35. The number of halogens is 5. The molecule has 0 fully saturated rings. The van der Waals surface area contributed by atoms with Gasteiger partial charge in [-0.15, -0.1) is 0 Å². The first-order valence-corrected chi connectivity index (χ1v) is 8.76. The van der Waals surface area contributed by atoms with Gasteiger partial charge in [-0.3, -0.25) is 10.2 Å². The lowest BCUT2D eigenvalue weighted by molar-refractivity contribution is -0.0571. The van der Waals surface area contributed by atoms with Crippen molar-refractivity contribution in [2.45, 2.75) is 6.18 Å². The average molecular weight is 451 g/mol. The normalized spacial score (nSPS) is 12.7. The van der Waals surface area contributed by atoms with E-state index in [0.717, 1.165) is 36.4 Å². The molecule has 12 heteroatoms. The summed E-state index contributed by atoms with van der Waals surface area (Å²) in [5, 5.41) is 3.61. The first-order chi connectivity index (χ1) is 15.2. The Labute approximate surface area is 177 Å². The Morgan fingerprint density at radius 1 is 1.09 bits per heavy atom. The van der Waals surface area contributed by atoms with Crippen molar-refractivity contribution < 1.29 is 31.3 Å². The first kappa shape index (κ1) is 22.6. The van der Waals surface area contributed by atoms with Gasteiger partial charge in [0, 0.05) is 11.8 Å². The van der Waals surface area contributed by atoms with Crippen LogP contribution in [-0.2, 0) is 0 Å². The van der Waals surface area contributed by atoms with Crippen LogP contribution >= 0.6 is 0 Å². The molecule has 3 rings (SSSR count). The molecule has 0 saturated heterocycles. The second-order valence-corrected chi connectivity index (χ2v) is 6.24. The van der Waals surface area contributed by atoms with E-state index in [4.69, 9.17) is 16.1 Å². The SMILES string of the molecule is NC=C(C(=Nc1cccc(F)c1)C(F)(F)F)c1onc(-c2cccc(F)c2)c1C(=O)NN. The van der Waals surface area contributed by atoms with Gasteiger partial charge in [0.1, 0.15) is 22.9 Å². The van der Waals surface area contributed by atoms with Crippen LogP contribution in [0.4, 0.5) is 27.6 Å². The number of aliphatic imine (C=N–C) groups is 1. The molecule has 0 bridgehead atoms. The molecule has 166 valence electrons. The smallest absolute Gasteiger partial charge is 0.404 e. The highest BCUT2D eigenvalue weighted by atomic mass is 19.4. The number of nitrogens with one attached hydrogen (secondary N) is 1. The summed E-state index contributed by atoms with van der Waals surface area (Å²) in [7, 11) is 0. The fourth-order valence-corrected chi connectivity index (χ4v) is 2.80. The van der Waals surface area contributed by atoms with Crippen molar-refractivity contribution in [2.75, 3.05) is 0 Å². The number of amides is 1. The zero-order valence-electron chi connectivity index (χ0n) is 16.0. The zero-order chi connectivity index (χ0) is 23.5. The van der Waals surface area contributed by atoms with Crippen LogP contribution in [0.25, 0.3) is 16.8 Å². The van der Waals surface area contributed by atoms with Gasteiger partial charge in [0.15, 0.2) is 11.5 Å². The molecule has 5 N–H and O–H groups in total. The summed E-state index contributed by atoms with van der Waals surface area (Å²) >= 11 is 0. The van der Waals surface area contributed by atoms with E-state index in [-0.39, 0.29) is 16.9 Å². The number of rotatable bonds is 5. The average Bonchev–Trinajstić information content (AvgIpc) is 3.17. The van der Waals surface area contributed by atoms with Crippen LogP contribution in [0.3, 0.4) is 0 Å². The summed E-state index contributed by atoms with van der Waals surface area (Å²) in [6, 6.07) is 8.86. The van der Waals surface area contributed by atoms with Gasteiger partial charge in [0.2, 0.25) is 0 Å². The number of allylic oxidation sites excluding steroid dienone is 1. The Hall–Kier alpha value is -4.06. The lowest BCUT2D eigenvalue weighted by atomic mass is 9.99. The number of aromatic nitrogens is 1. The number of hydrogen-bond donors (Lipinski definition) is 3. The predicted molar refractivity (Wildman–Crippen MR) is 105 cm³/mol. The second-order valence-electron chi connectivity index (χ2n) is 6.24. The number of hydrogen-bond acceptors (Lipinski definition) is 6. The fraction of sp³-hybridized carbons (Fsp3) is 0.0500. The highest BCUT2D eigenvalue weighted by Gasteiger charge is 2.42. The monoisotopic (exact) mass is 451 g/mol. The minimum absolute atomic E-state index is 0.0330. The number of nitrogens with two attached hydrogens (primary N) is 2. The fourth-order valence-electron chi connectivity index (χ4n) is 2.80. The van der Waals surface area contributed by atoms with Gasteiger partial charge in [0.05, 0.1) is 11.3 Å². The number of benzene rings is 2. The lowest BCUT2D eigenvalue weighted by Crippen LogP contribution is -2.32. The van der Waals surface area contributed by atoms with E-state index in [9.17, 15) is 26.7 Å². The van der Waals surface area contributed by atoms with E-state index in [2.05, 4.69) is 10.1 Å². The number of nitrogen functional groups attached to an aromatic ring is 1. The van der Waals surface area contributed by atoms with Crippen LogP contribution < -0.4 is 17.0 Å². The lowest BCUT2D eigenvalue weighted by Gasteiger charge is -2.13. The van der Waals surface area contributed by atoms with Crippen molar-refractivity contribution in [2.24, 2.45) is 16.6 Å². The van der Waals surface area contributed by atoms with E-state index in [1.807, 2.05) is 0 Å². The van der Waals surface area contributed by atoms with Crippen LogP contribution in [-0.4, -0.2) is 23.0 Å². The summed E-state index contributed by atoms with van der Waals surface area (Å²) in [5.41, 5.74) is 3.61. The minimum atomic E-state index is -5.10. The minimum Gasteiger partial charge on any atom is -0.404 e. The molecule has 7 nitrogen and oxygen atoms in total. The van der Waals surface area contributed by atoms with Crippen LogP contribution in [0.2, 0.25) is 0 Å². The summed E-state index contributed by atoms with van der Waals surface area (Å²) in [6.07, 6.45) is -4.59. The summed E-state index contributed by atoms with van der Waals surface area (Å²) in [4.78, 5) is 15.9. The van der Waals surface area contributed by atoms with Crippen molar-refractivity contribution in [1.29, 1.82) is 0 Å². The van der Waals surface area contributed by atoms with Gasteiger partial charge >= 0.3 is 6.18 Å². The van der Waals surface area contributed by atoms with Crippen molar-refractivity contribution in [3.63, 3.8) is 0 Å². The van der Waals surface area contributed by atoms with Crippen molar-refractivity contribution >= 4 is 22.9 Å². The Bertz CT molecular complexity index is 1220. The summed E-state index contributed by atoms with van der Waals surface area (Å²) in [5.74, 6) is 1.86. The molecule has 1 amide bonds. The quantitative estimate of drug-likeness (QED) is 0.179. The van der Waals surface area contributed by atoms with Crippen molar-refractivity contribution in [1.82, 2.24) is 10.6 Å². The molecule has 32 heavy (non-hydrogen) atoms. The summed E-state index contributed by atoms with van der Waals surface area (Å²) < 4.78 is 73.7. The van der Waals surface area contributed by atoms with Crippen LogP contribution in [0.5, 0.6) is 0 Å². The first-order valence-electron chi connectivity index (χ1n) is 8.76. The molecule has 0 saturated carbocycles. The number of hydrazine groups is 1. The van der Waals surface area contributed by atoms with E-state index < -0.39 is 46.3 Å². The third kappa shape index (κ3) is 4.64. The molecule has 0 unspecified atom stereocenters. The molecule has 0 aliphatic rings. The Morgan fingerprint density at radius 3 is 2.31 bits per heavy atom. The number of carbonyl (C=O) groups excluding carboxylic acids is 1. The molecule has 0 spiro atoms. The largest absolute Gasteiger partial charge is 0.434 e. The van der Waals surface area contributed by atoms with Gasteiger partial charge in [-0.2, -0.15) is 13.2 Å². The van der Waals surface area contributed by atoms with Gasteiger partial charge in [0.25, 0.3) is 5.91 Å². The maximum Gasteiger partial charge on any atom is 0.434 e. The van der Waals surface area contributed by atoms with Gasteiger partial charge in [-0.05, 0) is 30.3 Å². The molecule has 0 atom stereocenters. The predicted octanol–water partition coefficient (Wildman–Crippen LogP) is 3.86. The summed E-state index contributed by atoms with van der Waals surface area (Å²) in [6.45, 7) is 0. The van der Waals surface area contributed by atoms with E-state index in [0.29, 0.717) is 6.20 Å². The number of carbonyl (C=O) groups is 1. The maximum absolute atomic E-state index is 13.9. The van der Waals surface area contributed by atoms with E-state index in [1.165, 1.54) is 12.1 Å². The van der Waals surface area contributed by atoms with Gasteiger partial charge in [-0.25, -0.2) is 19.6 Å². The van der Waals surface area contributed by atoms with Crippen molar-refractivity contribution in [3.05, 3.63) is 77.7 Å². The highest BCUT2D eigenvalue weighted by molar-refractivity contribution is 6.28. The third-order valence-electron chi connectivity index (χ3n) is 4.13. The third-order valence-corrected chi connectivity index (χ3v) is 4.13. The van der Waals surface area contributed by atoms with Gasteiger partial charge in [-0.1, -0.05) is 23.4 Å². The number of alkyl halides is 3. The Kier molecular flexibility index (Phi) is 6.35. The van der Waals surface area contributed by atoms with Crippen molar-refractivity contribution in [3.8, 4) is 11.3 Å². The molecular formula is C20H14F5N5O2. The van der Waals surface area contributed by atoms with Gasteiger partial charge < -0.3 is 10.3 Å². The Balaban J connectivity index is 2.24. The topological polar surface area (TPSA) is 120 Å². The molecule has 0 aliphatic carbocycles. The Morgan fingerprint density at radius 2 is 1.75 bits per heavy atom. The molecule has 0 radical (unpaired) electrons.